The summed E-state index contributed by atoms with van der Waals surface area (Å²) in [5, 5.41) is 0. The molecule has 3 nitrogen and oxygen atoms in total. The van der Waals surface area contributed by atoms with Gasteiger partial charge in [0.05, 0.1) is 18.6 Å². The fourth-order valence-electron chi connectivity index (χ4n) is 1.18. The van der Waals surface area contributed by atoms with Gasteiger partial charge in [-0.15, -0.1) is 11.8 Å². The van der Waals surface area contributed by atoms with Crippen LogP contribution in [-0.2, 0) is 20.7 Å². The number of ketones is 1. The molecule has 0 bridgehead atoms. The Labute approximate surface area is 99.2 Å². The van der Waals surface area contributed by atoms with Crippen LogP contribution in [0.25, 0.3) is 0 Å². The zero-order valence-corrected chi connectivity index (χ0v) is 9.96. The lowest BCUT2D eigenvalue weighted by Crippen LogP contribution is -2.09. The lowest BCUT2D eigenvalue weighted by molar-refractivity contribution is -0.137. The Bertz CT molecular complexity index is 349. The van der Waals surface area contributed by atoms with Gasteiger partial charge in [-0.05, 0) is 5.56 Å². The molecule has 86 valence electrons. The minimum absolute atomic E-state index is 0.125. The van der Waals surface area contributed by atoms with Gasteiger partial charge in [0.2, 0.25) is 0 Å². The number of benzene rings is 1. The summed E-state index contributed by atoms with van der Waals surface area (Å²) in [6.45, 7) is 0. The van der Waals surface area contributed by atoms with Crippen LogP contribution in [0, 0.1) is 0 Å². The quantitative estimate of drug-likeness (QED) is 0.708. The van der Waals surface area contributed by atoms with Gasteiger partial charge in [0, 0.05) is 6.42 Å². The molecule has 0 spiro atoms. The number of hydrogen-bond donors (Lipinski definition) is 0. The summed E-state index contributed by atoms with van der Waals surface area (Å²) in [6, 6.07) is 9.57. The molecule has 0 amide bonds. The number of rotatable bonds is 6. The smallest absolute Gasteiger partial charge is 0.315 e. The molecule has 0 saturated heterocycles. The Hall–Kier alpha value is -1.29. The summed E-state index contributed by atoms with van der Waals surface area (Å²) in [4.78, 5) is 22.3. The topological polar surface area (TPSA) is 43.4 Å². The van der Waals surface area contributed by atoms with Crippen molar-refractivity contribution in [1.29, 1.82) is 0 Å². The van der Waals surface area contributed by atoms with Gasteiger partial charge >= 0.3 is 5.97 Å². The molecule has 0 aliphatic rings. The first-order valence-corrected chi connectivity index (χ1v) is 6.08. The number of carbonyl (C=O) groups excluding carboxylic acids is 2. The van der Waals surface area contributed by atoms with Gasteiger partial charge in [-0.25, -0.2) is 0 Å². The van der Waals surface area contributed by atoms with Crippen molar-refractivity contribution >= 4 is 23.5 Å². The molecule has 0 radical (unpaired) electrons. The van der Waals surface area contributed by atoms with Crippen LogP contribution in [0.15, 0.2) is 30.3 Å². The highest BCUT2D eigenvalue weighted by molar-refractivity contribution is 8.00. The van der Waals surface area contributed by atoms with E-state index in [1.165, 1.54) is 18.9 Å². The van der Waals surface area contributed by atoms with E-state index in [1.54, 1.807) is 0 Å². The maximum absolute atomic E-state index is 11.5. The summed E-state index contributed by atoms with van der Waals surface area (Å²) >= 11 is 1.29. The summed E-state index contributed by atoms with van der Waals surface area (Å²) < 4.78 is 4.48. The number of Topliss-reactive ketones (excluding diaryl/α,β-unsaturated/α-hetero) is 1. The van der Waals surface area contributed by atoms with Crippen molar-refractivity contribution in [1.82, 2.24) is 0 Å². The van der Waals surface area contributed by atoms with E-state index in [0.717, 1.165) is 5.56 Å². The van der Waals surface area contributed by atoms with Crippen LogP contribution >= 0.6 is 11.8 Å². The molecule has 0 atom stereocenters. The highest BCUT2D eigenvalue weighted by Crippen LogP contribution is 2.05. The molecule has 0 aliphatic heterocycles. The van der Waals surface area contributed by atoms with Crippen molar-refractivity contribution in [3.05, 3.63) is 35.9 Å². The zero-order valence-electron chi connectivity index (χ0n) is 9.14. The molecule has 0 fully saturated rings. The summed E-state index contributed by atoms with van der Waals surface area (Å²) in [7, 11) is 1.34. The molecule has 0 heterocycles. The largest absolute Gasteiger partial charge is 0.468 e. The van der Waals surface area contributed by atoms with Crippen molar-refractivity contribution in [2.24, 2.45) is 0 Å². The van der Waals surface area contributed by atoms with Gasteiger partial charge in [0.1, 0.15) is 5.78 Å². The van der Waals surface area contributed by atoms with E-state index in [1.807, 2.05) is 30.3 Å². The Morgan fingerprint density at radius 3 is 2.50 bits per heavy atom. The molecule has 1 rings (SSSR count). The van der Waals surface area contributed by atoms with E-state index in [-0.39, 0.29) is 17.5 Å². The van der Waals surface area contributed by atoms with Crippen molar-refractivity contribution in [3.8, 4) is 0 Å². The predicted molar refractivity (Wildman–Crippen MR) is 64.5 cm³/mol. The maximum atomic E-state index is 11.5. The van der Waals surface area contributed by atoms with Gasteiger partial charge < -0.3 is 4.74 Å². The number of thioether (sulfide) groups is 1. The van der Waals surface area contributed by atoms with E-state index < -0.39 is 0 Å². The van der Waals surface area contributed by atoms with Crippen molar-refractivity contribution in [2.45, 2.75) is 6.42 Å². The molecule has 0 aliphatic carbocycles. The van der Waals surface area contributed by atoms with Crippen LogP contribution in [0.3, 0.4) is 0 Å². The van der Waals surface area contributed by atoms with E-state index in [4.69, 9.17) is 0 Å². The third-order valence-corrected chi connectivity index (χ3v) is 2.92. The number of esters is 1. The number of carbonyl (C=O) groups is 2. The molecular formula is C12H14O3S. The van der Waals surface area contributed by atoms with Crippen molar-refractivity contribution in [3.63, 3.8) is 0 Å². The van der Waals surface area contributed by atoms with Gasteiger partial charge in [0.25, 0.3) is 0 Å². The molecule has 16 heavy (non-hydrogen) atoms. The van der Waals surface area contributed by atoms with Crippen LogP contribution in [0.5, 0.6) is 0 Å². The Morgan fingerprint density at radius 2 is 1.88 bits per heavy atom. The first-order chi connectivity index (χ1) is 7.72. The molecule has 0 saturated carbocycles. The van der Waals surface area contributed by atoms with Crippen LogP contribution in [0.2, 0.25) is 0 Å². The van der Waals surface area contributed by atoms with Crippen molar-refractivity contribution in [2.75, 3.05) is 18.6 Å². The Morgan fingerprint density at radius 1 is 1.19 bits per heavy atom. The van der Waals surface area contributed by atoms with E-state index in [9.17, 15) is 9.59 Å². The average Bonchev–Trinajstić information content (AvgIpc) is 2.30. The zero-order chi connectivity index (χ0) is 11.8. The number of ether oxygens (including phenoxy) is 1. The third kappa shape index (κ3) is 4.98. The molecule has 0 aromatic heterocycles. The first kappa shape index (κ1) is 12.8. The second-order valence-electron chi connectivity index (χ2n) is 3.27. The Balaban J connectivity index is 2.24. The van der Waals surface area contributed by atoms with Gasteiger partial charge in [-0.2, -0.15) is 0 Å². The van der Waals surface area contributed by atoms with E-state index in [2.05, 4.69) is 4.74 Å². The van der Waals surface area contributed by atoms with Crippen molar-refractivity contribution < 1.29 is 14.3 Å². The lowest BCUT2D eigenvalue weighted by Gasteiger charge is -2.01. The van der Waals surface area contributed by atoms with Gasteiger partial charge in [0.15, 0.2) is 0 Å². The fourth-order valence-corrected chi connectivity index (χ4v) is 1.90. The summed E-state index contributed by atoms with van der Waals surface area (Å²) in [5.74, 6) is 0.415. The molecule has 1 aromatic rings. The molecule has 0 N–H and O–H groups in total. The van der Waals surface area contributed by atoms with E-state index >= 15 is 0 Å². The van der Waals surface area contributed by atoms with Crippen LogP contribution in [0.4, 0.5) is 0 Å². The monoisotopic (exact) mass is 238 g/mol. The number of hydrogen-bond acceptors (Lipinski definition) is 4. The second kappa shape index (κ2) is 7.06. The normalized spacial score (nSPS) is 9.81. The lowest BCUT2D eigenvalue weighted by atomic mass is 10.1. The predicted octanol–water partition coefficient (Wildman–Crippen LogP) is 1.70. The van der Waals surface area contributed by atoms with Crippen LogP contribution in [0.1, 0.15) is 5.56 Å². The minimum Gasteiger partial charge on any atom is -0.468 e. The Kier molecular flexibility index (Phi) is 5.64. The molecular weight excluding hydrogens is 224 g/mol. The molecule has 1 aromatic carbocycles. The minimum atomic E-state index is -0.294. The fraction of sp³-hybridized carbons (Fsp3) is 0.333. The van der Waals surface area contributed by atoms with E-state index in [0.29, 0.717) is 12.2 Å². The molecule has 0 unspecified atom stereocenters. The SMILES string of the molecule is COC(=O)CSCC(=O)Cc1ccccc1. The standard InChI is InChI=1S/C12H14O3S/c1-15-12(14)9-16-8-11(13)7-10-5-3-2-4-6-10/h2-6H,7-9H2,1H3. The highest BCUT2D eigenvalue weighted by Gasteiger charge is 2.06. The van der Waals surface area contributed by atoms with Crippen LogP contribution < -0.4 is 0 Å². The first-order valence-electron chi connectivity index (χ1n) is 4.92. The van der Waals surface area contributed by atoms with Crippen LogP contribution in [-0.4, -0.2) is 30.4 Å². The second-order valence-corrected chi connectivity index (χ2v) is 4.26. The van der Waals surface area contributed by atoms with Gasteiger partial charge in [-0.3, -0.25) is 9.59 Å². The summed E-state index contributed by atoms with van der Waals surface area (Å²) in [5.41, 5.74) is 1.01. The average molecular weight is 238 g/mol. The highest BCUT2D eigenvalue weighted by atomic mass is 32.2. The summed E-state index contributed by atoms with van der Waals surface area (Å²) in [6.07, 6.45) is 0.426. The number of methoxy groups -OCH3 is 1. The third-order valence-electron chi connectivity index (χ3n) is 1.95. The maximum Gasteiger partial charge on any atom is 0.315 e. The molecule has 4 heteroatoms. The van der Waals surface area contributed by atoms with Gasteiger partial charge in [-0.1, -0.05) is 30.3 Å².